The molecule has 5 heteroatoms. The van der Waals surface area contributed by atoms with E-state index in [1.807, 2.05) is 37.3 Å². The number of rotatable bonds is 5. The number of aryl methyl sites for hydroxylation is 1. The number of carbonyl (C=O) groups excluding carboxylic acids is 1. The molecule has 1 heterocycles. The van der Waals surface area contributed by atoms with Crippen LogP contribution in [-0.4, -0.2) is 27.7 Å². The zero-order chi connectivity index (χ0) is 23.0. The number of Topliss-reactive ketones (excluding diaryl/α,β-unsaturated/α-hetero) is 1. The summed E-state index contributed by atoms with van der Waals surface area (Å²) in [5.74, 6) is -0.270. The molecule has 2 aliphatic carbocycles. The molecule has 0 fully saturated rings. The predicted molar refractivity (Wildman–Crippen MR) is 126 cm³/mol. The monoisotopic (exact) mass is 437 g/mol. The van der Waals surface area contributed by atoms with Crippen LogP contribution in [0.15, 0.2) is 66.2 Å². The van der Waals surface area contributed by atoms with Crippen molar-refractivity contribution in [2.45, 2.75) is 38.0 Å². The number of ketones is 1. The number of aliphatic hydroxyl groups is 1. The van der Waals surface area contributed by atoms with Gasteiger partial charge in [-0.2, -0.15) is 10.4 Å². The van der Waals surface area contributed by atoms with Crippen LogP contribution in [0.5, 0.6) is 0 Å². The predicted octanol–water partition coefficient (Wildman–Crippen LogP) is 4.52. The second-order valence-corrected chi connectivity index (χ2v) is 9.16. The molecule has 2 N–H and O–H groups in total. The van der Waals surface area contributed by atoms with Crippen molar-refractivity contribution in [3.8, 4) is 17.3 Å². The standard InChI is InChI=1S/C28H27N3O2/c1-18-24-13-12-23-25(20-9-5-7-19(15-20)8-6-14-32)30-31-27(23)28(24,16-21(17-29)26(18)33)22-10-3-2-4-11-22/h2-5,7,9-11,15-16,18,24,32H,6,8,12-14H2,1H3,(H,30,31)/t18-,24-,28-/m1/s1. The molecule has 0 unspecified atom stereocenters. The zero-order valence-corrected chi connectivity index (χ0v) is 18.7. The van der Waals surface area contributed by atoms with Gasteiger partial charge in [-0.15, -0.1) is 0 Å². The number of nitrogens with one attached hydrogen (secondary N) is 1. The minimum atomic E-state index is -0.615. The molecule has 5 rings (SSSR count). The summed E-state index contributed by atoms with van der Waals surface area (Å²) in [4.78, 5) is 12.9. The number of H-pyrrole nitrogens is 1. The van der Waals surface area contributed by atoms with Gasteiger partial charge in [0.05, 0.1) is 22.4 Å². The molecule has 3 aromatic rings. The van der Waals surface area contributed by atoms with Gasteiger partial charge < -0.3 is 5.11 Å². The molecule has 0 saturated carbocycles. The van der Waals surface area contributed by atoms with Crippen LogP contribution in [0.2, 0.25) is 0 Å². The Morgan fingerprint density at radius 2 is 2.03 bits per heavy atom. The third kappa shape index (κ3) is 3.34. The van der Waals surface area contributed by atoms with E-state index in [1.54, 1.807) is 0 Å². The number of allylic oxidation sites excluding steroid dienone is 2. The molecule has 0 amide bonds. The number of nitriles is 1. The van der Waals surface area contributed by atoms with Gasteiger partial charge in [0, 0.05) is 23.7 Å². The summed E-state index contributed by atoms with van der Waals surface area (Å²) >= 11 is 0. The quantitative estimate of drug-likeness (QED) is 0.614. The van der Waals surface area contributed by atoms with E-state index in [-0.39, 0.29) is 29.8 Å². The third-order valence-corrected chi connectivity index (χ3v) is 7.41. The molecule has 1 aromatic heterocycles. The lowest BCUT2D eigenvalue weighted by molar-refractivity contribution is -0.121. The van der Waals surface area contributed by atoms with Gasteiger partial charge >= 0.3 is 0 Å². The van der Waals surface area contributed by atoms with Crippen molar-refractivity contribution >= 4 is 5.78 Å². The van der Waals surface area contributed by atoms with Crippen LogP contribution < -0.4 is 0 Å². The average Bonchev–Trinajstić information content (AvgIpc) is 3.30. The summed E-state index contributed by atoms with van der Waals surface area (Å²) in [5, 5.41) is 27.1. The number of hydrogen-bond donors (Lipinski definition) is 2. The zero-order valence-electron chi connectivity index (χ0n) is 18.7. The highest BCUT2D eigenvalue weighted by molar-refractivity contribution is 6.02. The number of aliphatic hydroxyl groups excluding tert-OH is 1. The van der Waals surface area contributed by atoms with Crippen LogP contribution in [0.3, 0.4) is 0 Å². The Morgan fingerprint density at radius 3 is 2.79 bits per heavy atom. The van der Waals surface area contributed by atoms with E-state index in [2.05, 4.69) is 41.5 Å². The molecule has 3 atom stereocenters. The van der Waals surface area contributed by atoms with Crippen molar-refractivity contribution in [3.05, 3.63) is 88.6 Å². The van der Waals surface area contributed by atoms with Gasteiger partial charge in [-0.25, -0.2) is 0 Å². The highest BCUT2D eigenvalue weighted by Gasteiger charge is 2.53. The maximum Gasteiger partial charge on any atom is 0.176 e. The first-order valence-electron chi connectivity index (χ1n) is 11.6. The Labute approximate surface area is 193 Å². The SMILES string of the molecule is C[C@H]1C(=O)C(C#N)=C[C@]2(c3ccccc3)c3n[nH]c(-c4cccc(CCCO)c4)c3CC[C@H]12. The molecule has 33 heavy (non-hydrogen) atoms. The van der Waals surface area contributed by atoms with Gasteiger partial charge in [-0.1, -0.05) is 55.5 Å². The minimum absolute atomic E-state index is 0.0454. The first-order valence-corrected chi connectivity index (χ1v) is 11.6. The number of nitrogens with zero attached hydrogens (tertiary/aromatic N) is 2. The van der Waals surface area contributed by atoms with Gasteiger partial charge in [0.2, 0.25) is 0 Å². The number of fused-ring (bicyclic) bond motifs is 3. The molecule has 5 nitrogen and oxygen atoms in total. The number of benzene rings is 2. The van der Waals surface area contributed by atoms with Crippen molar-refractivity contribution in [1.29, 1.82) is 5.26 Å². The van der Waals surface area contributed by atoms with E-state index >= 15 is 0 Å². The maximum atomic E-state index is 12.9. The Bertz CT molecular complexity index is 1270. The summed E-state index contributed by atoms with van der Waals surface area (Å²) < 4.78 is 0. The Hall–Kier alpha value is -3.49. The molecule has 2 aromatic carbocycles. The van der Waals surface area contributed by atoms with Crippen LogP contribution in [0.25, 0.3) is 11.3 Å². The first-order chi connectivity index (χ1) is 16.1. The highest BCUT2D eigenvalue weighted by Crippen LogP contribution is 2.54. The number of aromatic nitrogens is 2. The molecule has 0 aliphatic heterocycles. The number of carbonyl (C=O) groups is 1. The third-order valence-electron chi connectivity index (χ3n) is 7.41. The molecule has 0 spiro atoms. The molecule has 166 valence electrons. The van der Waals surface area contributed by atoms with Crippen LogP contribution in [0.1, 0.15) is 42.1 Å². The second kappa shape index (κ2) is 8.46. The van der Waals surface area contributed by atoms with Gasteiger partial charge in [0.1, 0.15) is 6.07 Å². The van der Waals surface area contributed by atoms with E-state index in [0.717, 1.165) is 53.8 Å². The summed E-state index contributed by atoms with van der Waals surface area (Å²) in [5.41, 5.74) is 6.02. The van der Waals surface area contributed by atoms with E-state index in [0.29, 0.717) is 0 Å². The minimum Gasteiger partial charge on any atom is -0.396 e. The van der Waals surface area contributed by atoms with Crippen LogP contribution in [0, 0.1) is 23.2 Å². The highest BCUT2D eigenvalue weighted by atomic mass is 16.2. The van der Waals surface area contributed by atoms with Crippen molar-refractivity contribution in [1.82, 2.24) is 10.2 Å². The fourth-order valence-electron chi connectivity index (χ4n) is 5.84. The summed E-state index contributed by atoms with van der Waals surface area (Å²) in [7, 11) is 0. The van der Waals surface area contributed by atoms with Gasteiger partial charge in [-0.3, -0.25) is 9.89 Å². The van der Waals surface area contributed by atoms with Gasteiger partial charge in [0.25, 0.3) is 0 Å². The molecule has 0 radical (unpaired) electrons. The smallest absolute Gasteiger partial charge is 0.176 e. The van der Waals surface area contributed by atoms with Crippen LogP contribution in [0.4, 0.5) is 0 Å². The topological polar surface area (TPSA) is 89.8 Å². The van der Waals surface area contributed by atoms with E-state index in [4.69, 9.17) is 5.10 Å². The summed E-state index contributed by atoms with van der Waals surface area (Å²) in [6.45, 7) is 2.13. The van der Waals surface area contributed by atoms with Gasteiger partial charge in [0.15, 0.2) is 5.78 Å². The Balaban J connectivity index is 1.71. The van der Waals surface area contributed by atoms with Crippen LogP contribution in [-0.2, 0) is 23.1 Å². The summed E-state index contributed by atoms with van der Waals surface area (Å²) in [6, 6.07) is 20.7. The maximum absolute atomic E-state index is 12.9. The number of aromatic amines is 1. The van der Waals surface area contributed by atoms with Crippen molar-refractivity contribution in [2.24, 2.45) is 11.8 Å². The molecule has 0 saturated heterocycles. The summed E-state index contributed by atoms with van der Waals surface area (Å²) in [6.07, 6.45) is 5.12. The fourth-order valence-corrected chi connectivity index (χ4v) is 5.84. The fraction of sp³-hybridized carbons (Fsp3) is 0.321. The Morgan fingerprint density at radius 1 is 1.21 bits per heavy atom. The lowest BCUT2D eigenvalue weighted by atomic mass is 9.54. The molecule has 2 aliphatic rings. The molecular formula is C28H27N3O2. The van der Waals surface area contributed by atoms with Gasteiger partial charge in [-0.05, 0) is 54.9 Å². The normalized spacial score (nSPS) is 23.9. The van der Waals surface area contributed by atoms with E-state index in [9.17, 15) is 15.2 Å². The largest absolute Gasteiger partial charge is 0.396 e. The number of hydrogen-bond acceptors (Lipinski definition) is 4. The van der Waals surface area contributed by atoms with Crippen LogP contribution >= 0.6 is 0 Å². The lowest BCUT2D eigenvalue weighted by Crippen LogP contribution is -2.48. The molecule has 0 bridgehead atoms. The average molecular weight is 438 g/mol. The van der Waals surface area contributed by atoms with Crippen molar-refractivity contribution < 1.29 is 9.90 Å². The van der Waals surface area contributed by atoms with Crippen molar-refractivity contribution in [2.75, 3.05) is 6.61 Å². The van der Waals surface area contributed by atoms with E-state index < -0.39 is 5.41 Å². The second-order valence-electron chi connectivity index (χ2n) is 9.16. The Kier molecular flexibility index (Phi) is 5.47. The molecular weight excluding hydrogens is 410 g/mol. The lowest BCUT2D eigenvalue weighted by Gasteiger charge is -2.47. The van der Waals surface area contributed by atoms with Crippen molar-refractivity contribution in [3.63, 3.8) is 0 Å². The first kappa shape index (κ1) is 21.4. The van der Waals surface area contributed by atoms with E-state index in [1.165, 1.54) is 5.56 Å².